The highest BCUT2D eigenvalue weighted by atomic mass is 16.3. The minimum absolute atomic E-state index is 0.142. The summed E-state index contributed by atoms with van der Waals surface area (Å²) in [4.78, 5) is 12.3. The molecule has 1 heterocycles. The number of aliphatic hydroxyl groups is 1. The molecule has 1 rings (SSSR count). The quantitative estimate of drug-likeness (QED) is 0.779. The average molecular weight is 267 g/mol. The lowest BCUT2D eigenvalue weighted by atomic mass is 9.86. The van der Waals surface area contributed by atoms with Crippen LogP contribution in [0.1, 0.15) is 58.1 Å². The van der Waals surface area contributed by atoms with Crippen LogP contribution in [0.5, 0.6) is 0 Å². The lowest BCUT2D eigenvalue weighted by Crippen LogP contribution is -2.57. The standard InChI is InChI=1S/C14H25N3O2/c1-9(2)17-8-10(15)7-11(17)12(18)16-13(3,4)14(5,6)19/h7-9,19H,15H2,1-6H3,(H,16,18). The second kappa shape index (κ2) is 4.89. The molecule has 0 aromatic carbocycles. The monoisotopic (exact) mass is 267 g/mol. The number of carbonyl (C=O) groups excluding carboxylic acids is 1. The van der Waals surface area contributed by atoms with Crippen molar-refractivity contribution in [2.24, 2.45) is 0 Å². The topological polar surface area (TPSA) is 80.3 Å². The van der Waals surface area contributed by atoms with E-state index in [1.54, 1.807) is 40.0 Å². The normalized spacial score (nSPS) is 12.8. The molecule has 0 atom stereocenters. The Balaban J connectivity index is 3.03. The Hall–Kier alpha value is -1.49. The van der Waals surface area contributed by atoms with Gasteiger partial charge in [0, 0.05) is 12.2 Å². The number of nitrogens with one attached hydrogen (secondary N) is 1. The van der Waals surface area contributed by atoms with Crippen LogP contribution in [0.15, 0.2) is 12.3 Å². The Morgan fingerprint density at radius 3 is 2.32 bits per heavy atom. The molecule has 0 fully saturated rings. The van der Waals surface area contributed by atoms with Crippen molar-refractivity contribution in [1.29, 1.82) is 0 Å². The summed E-state index contributed by atoms with van der Waals surface area (Å²) >= 11 is 0. The second-order valence-corrected chi connectivity index (χ2v) is 6.30. The van der Waals surface area contributed by atoms with Crippen LogP contribution >= 0.6 is 0 Å². The van der Waals surface area contributed by atoms with Gasteiger partial charge >= 0.3 is 0 Å². The SMILES string of the molecule is CC(C)n1cc(N)cc1C(=O)NC(C)(C)C(C)(C)O. The summed E-state index contributed by atoms with van der Waals surface area (Å²) in [5.41, 5.74) is 5.04. The highest BCUT2D eigenvalue weighted by Gasteiger charge is 2.37. The summed E-state index contributed by atoms with van der Waals surface area (Å²) < 4.78 is 1.82. The van der Waals surface area contributed by atoms with E-state index in [4.69, 9.17) is 5.73 Å². The third-order valence-corrected chi connectivity index (χ3v) is 3.61. The van der Waals surface area contributed by atoms with Crippen LogP contribution in [-0.2, 0) is 0 Å². The summed E-state index contributed by atoms with van der Waals surface area (Å²) in [5, 5.41) is 12.9. The van der Waals surface area contributed by atoms with E-state index in [2.05, 4.69) is 5.32 Å². The van der Waals surface area contributed by atoms with Crippen LogP contribution in [0.3, 0.4) is 0 Å². The Labute approximate surface area is 114 Å². The van der Waals surface area contributed by atoms with Crippen molar-refractivity contribution in [3.8, 4) is 0 Å². The molecular formula is C14H25N3O2. The molecule has 0 radical (unpaired) electrons. The molecular weight excluding hydrogens is 242 g/mol. The fourth-order valence-corrected chi connectivity index (χ4v) is 1.61. The largest absolute Gasteiger partial charge is 0.397 e. The van der Waals surface area contributed by atoms with Gasteiger partial charge in [0.1, 0.15) is 5.69 Å². The van der Waals surface area contributed by atoms with Gasteiger partial charge in [0.25, 0.3) is 5.91 Å². The van der Waals surface area contributed by atoms with E-state index in [9.17, 15) is 9.90 Å². The minimum Gasteiger partial charge on any atom is -0.397 e. The van der Waals surface area contributed by atoms with Gasteiger partial charge in [-0.3, -0.25) is 4.79 Å². The van der Waals surface area contributed by atoms with E-state index in [1.165, 1.54) is 0 Å². The maximum atomic E-state index is 12.3. The van der Waals surface area contributed by atoms with Gasteiger partial charge in [-0.15, -0.1) is 0 Å². The molecule has 1 amide bonds. The number of carbonyl (C=O) groups is 1. The van der Waals surface area contributed by atoms with Crippen LogP contribution in [0.25, 0.3) is 0 Å². The number of aromatic nitrogens is 1. The summed E-state index contributed by atoms with van der Waals surface area (Å²) in [6.45, 7) is 10.9. The smallest absolute Gasteiger partial charge is 0.268 e. The highest BCUT2D eigenvalue weighted by Crippen LogP contribution is 2.22. The first-order chi connectivity index (χ1) is 8.45. The van der Waals surface area contributed by atoms with Gasteiger partial charge in [0.05, 0.1) is 16.8 Å². The fraction of sp³-hybridized carbons (Fsp3) is 0.643. The Bertz CT molecular complexity index is 468. The molecule has 1 aromatic rings. The fourth-order valence-electron chi connectivity index (χ4n) is 1.61. The van der Waals surface area contributed by atoms with E-state index in [1.807, 2.05) is 18.4 Å². The number of anilines is 1. The summed E-state index contributed by atoms with van der Waals surface area (Å²) in [6, 6.07) is 1.79. The van der Waals surface area contributed by atoms with Gasteiger partial charge in [-0.1, -0.05) is 0 Å². The molecule has 19 heavy (non-hydrogen) atoms. The first-order valence-electron chi connectivity index (χ1n) is 6.48. The van der Waals surface area contributed by atoms with Crippen molar-refractivity contribution in [3.63, 3.8) is 0 Å². The van der Waals surface area contributed by atoms with Crippen LogP contribution in [0.4, 0.5) is 5.69 Å². The van der Waals surface area contributed by atoms with E-state index in [0.717, 1.165) is 0 Å². The van der Waals surface area contributed by atoms with Crippen molar-refractivity contribution < 1.29 is 9.90 Å². The van der Waals surface area contributed by atoms with Crippen molar-refractivity contribution in [2.45, 2.75) is 58.7 Å². The molecule has 0 aliphatic heterocycles. The molecule has 5 heteroatoms. The molecule has 0 aliphatic carbocycles. The van der Waals surface area contributed by atoms with E-state index >= 15 is 0 Å². The van der Waals surface area contributed by atoms with Gasteiger partial charge in [-0.05, 0) is 47.6 Å². The summed E-state index contributed by atoms with van der Waals surface area (Å²) in [7, 11) is 0. The third kappa shape index (κ3) is 3.29. The number of hydrogen-bond acceptors (Lipinski definition) is 3. The van der Waals surface area contributed by atoms with Crippen molar-refractivity contribution in [1.82, 2.24) is 9.88 Å². The Kier molecular flexibility index (Phi) is 4.00. The maximum Gasteiger partial charge on any atom is 0.268 e. The molecule has 0 bridgehead atoms. The van der Waals surface area contributed by atoms with Crippen LogP contribution < -0.4 is 11.1 Å². The number of rotatable bonds is 4. The molecule has 0 unspecified atom stereocenters. The number of nitrogen functional groups attached to an aromatic ring is 1. The minimum atomic E-state index is -1.02. The third-order valence-electron chi connectivity index (χ3n) is 3.61. The first kappa shape index (κ1) is 15.6. The molecule has 1 aromatic heterocycles. The van der Waals surface area contributed by atoms with Gasteiger partial charge in [0.15, 0.2) is 0 Å². The van der Waals surface area contributed by atoms with Crippen LogP contribution in [0.2, 0.25) is 0 Å². The number of hydrogen-bond donors (Lipinski definition) is 3. The second-order valence-electron chi connectivity index (χ2n) is 6.30. The molecule has 4 N–H and O–H groups in total. The first-order valence-corrected chi connectivity index (χ1v) is 6.48. The van der Waals surface area contributed by atoms with E-state index in [-0.39, 0.29) is 11.9 Å². The molecule has 5 nitrogen and oxygen atoms in total. The van der Waals surface area contributed by atoms with Gasteiger partial charge < -0.3 is 20.7 Å². The Morgan fingerprint density at radius 1 is 1.37 bits per heavy atom. The molecule has 0 saturated carbocycles. The number of nitrogens with two attached hydrogens (primary N) is 1. The number of amides is 1. The van der Waals surface area contributed by atoms with Gasteiger partial charge in [0.2, 0.25) is 0 Å². The molecule has 0 saturated heterocycles. The maximum absolute atomic E-state index is 12.3. The van der Waals surface area contributed by atoms with Crippen LogP contribution in [0, 0.1) is 0 Å². The van der Waals surface area contributed by atoms with Gasteiger partial charge in [-0.2, -0.15) is 0 Å². The number of nitrogens with zero attached hydrogens (tertiary/aromatic N) is 1. The van der Waals surface area contributed by atoms with Crippen molar-refractivity contribution in [2.75, 3.05) is 5.73 Å². The zero-order chi connectivity index (χ0) is 15.0. The lowest BCUT2D eigenvalue weighted by Gasteiger charge is -2.38. The average Bonchev–Trinajstić information content (AvgIpc) is 2.58. The van der Waals surface area contributed by atoms with E-state index in [0.29, 0.717) is 11.4 Å². The van der Waals surface area contributed by atoms with Crippen LogP contribution in [-0.4, -0.2) is 26.7 Å². The van der Waals surface area contributed by atoms with E-state index < -0.39 is 11.1 Å². The predicted molar refractivity (Wildman–Crippen MR) is 77.1 cm³/mol. The zero-order valence-electron chi connectivity index (χ0n) is 12.6. The zero-order valence-corrected chi connectivity index (χ0v) is 12.6. The summed E-state index contributed by atoms with van der Waals surface area (Å²) in [5.74, 6) is -0.238. The Morgan fingerprint density at radius 2 is 1.89 bits per heavy atom. The predicted octanol–water partition coefficient (Wildman–Crippen LogP) is 1.93. The highest BCUT2D eigenvalue weighted by molar-refractivity contribution is 5.94. The molecule has 108 valence electrons. The molecule has 0 spiro atoms. The van der Waals surface area contributed by atoms with Crippen molar-refractivity contribution in [3.05, 3.63) is 18.0 Å². The van der Waals surface area contributed by atoms with Crippen molar-refractivity contribution >= 4 is 11.6 Å². The van der Waals surface area contributed by atoms with Gasteiger partial charge in [-0.25, -0.2) is 0 Å². The lowest BCUT2D eigenvalue weighted by molar-refractivity contribution is -0.00311. The summed E-state index contributed by atoms with van der Waals surface area (Å²) in [6.07, 6.45) is 1.75. The molecule has 0 aliphatic rings.